The van der Waals surface area contributed by atoms with Crippen molar-refractivity contribution in [1.29, 1.82) is 0 Å². The Morgan fingerprint density at radius 1 is 1.41 bits per heavy atom. The van der Waals surface area contributed by atoms with Crippen molar-refractivity contribution in [2.75, 3.05) is 0 Å². The summed E-state index contributed by atoms with van der Waals surface area (Å²) < 4.78 is 10.4. The Labute approximate surface area is 98.7 Å². The van der Waals surface area contributed by atoms with Gasteiger partial charge in [-0.3, -0.25) is 9.59 Å². The van der Waals surface area contributed by atoms with Crippen LogP contribution < -0.4 is 5.32 Å². The first-order valence-electron chi connectivity index (χ1n) is 5.34. The number of carbonyl (C=O) groups excluding carboxylic acids is 2. The smallest absolute Gasteiger partial charge is 0.310 e. The van der Waals surface area contributed by atoms with E-state index in [0.717, 1.165) is 5.56 Å². The van der Waals surface area contributed by atoms with E-state index in [4.69, 9.17) is 9.47 Å². The molecule has 1 aromatic carbocycles. The first-order valence-corrected chi connectivity index (χ1v) is 5.34. The number of amides is 1. The first-order chi connectivity index (χ1) is 8.29. The van der Waals surface area contributed by atoms with Crippen LogP contribution in [0.2, 0.25) is 0 Å². The van der Waals surface area contributed by atoms with Crippen LogP contribution in [-0.4, -0.2) is 24.7 Å². The summed E-state index contributed by atoms with van der Waals surface area (Å²) >= 11 is 0. The molecular weight excluding hydrogens is 222 g/mol. The molecule has 1 aliphatic heterocycles. The van der Waals surface area contributed by atoms with Crippen LogP contribution in [0.3, 0.4) is 0 Å². The molecule has 0 aliphatic carbocycles. The molecule has 2 unspecified atom stereocenters. The van der Waals surface area contributed by atoms with Gasteiger partial charge in [-0.1, -0.05) is 30.3 Å². The average Bonchev–Trinajstić information content (AvgIpc) is 2.69. The molecule has 1 aliphatic rings. The monoisotopic (exact) mass is 235 g/mol. The molecule has 1 N–H and O–H groups in total. The average molecular weight is 235 g/mol. The van der Waals surface area contributed by atoms with E-state index in [1.165, 1.54) is 0 Å². The fourth-order valence-corrected chi connectivity index (χ4v) is 1.66. The van der Waals surface area contributed by atoms with Crippen molar-refractivity contribution in [2.24, 2.45) is 0 Å². The molecule has 17 heavy (non-hydrogen) atoms. The van der Waals surface area contributed by atoms with E-state index < -0.39 is 12.3 Å². The Balaban J connectivity index is 1.89. The number of rotatable bonds is 5. The third kappa shape index (κ3) is 3.04. The van der Waals surface area contributed by atoms with Crippen LogP contribution in [0, 0.1) is 0 Å². The van der Waals surface area contributed by atoms with E-state index in [2.05, 4.69) is 5.32 Å². The summed E-state index contributed by atoms with van der Waals surface area (Å²) in [5.41, 5.74) is 0.986. The Kier molecular flexibility index (Phi) is 3.72. The maximum atomic E-state index is 11.1. The number of esters is 1. The standard InChI is InChI=1S/C12H13NO4/c14-8-13-10-6-11(15)17-12(10)16-7-9-4-2-1-3-5-9/h1-5,8,10,12H,6-7H2,(H,13,14). The fraction of sp³-hybridized carbons (Fsp3) is 0.333. The van der Waals surface area contributed by atoms with Crippen molar-refractivity contribution in [3.8, 4) is 0 Å². The largest absolute Gasteiger partial charge is 0.433 e. The summed E-state index contributed by atoms with van der Waals surface area (Å²) in [4.78, 5) is 21.4. The van der Waals surface area contributed by atoms with Crippen molar-refractivity contribution < 1.29 is 19.1 Å². The number of cyclic esters (lactones) is 1. The lowest BCUT2D eigenvalue weighted by Gasteiger charge is -2.17. The van der Waals surface area contributed by atoms with Gasteiger partial charge in [0.2, 0.25) is 12.7 Å². The third-order valence-corrected chi connectivity index (χ3v) is 2.50. The highest BCUT2D eigenvalue weighted by molar-refractivity contribution is 5.73. The molecule has 1 aromatic rings. The molecule has 1 heterocycles. The fourth-order valence-electron chi connectivity index (χ4n) is 1.66. The summed E-state index contributed by atoms with van der Waals surface area (Å²) in [6.07, 6.45) is -0.00290. The molecule has 0 saturated carbocycles. The van der Waals surface area contributed by atoms with Gasteiger partial charge in [-0.25, -0.2) is 0 Å². The molecule has 2 rings (SSSR count). The highest BCUT2D eigenvalue weighted by atomic mass is 16.7. The molecule has 0 radical (unpaired) electrons. The summed E-state index contributed by atoms with van der Waals surface area (Å²) in [6, 6.07) is 9.15. The van der Waals surface area contributed by atoms with Gasteiger partial charge in [0.15, 0.2) is 0 Å². The number of carbonyl (C=O) groups is 2. The van der Waals surface area contributed by atoms with E-state index in [0.29, 0.717) is 13.0 Å². The lowest BCUT2D eigenvalue weighted by molar-refractivity contribution is -0.167. The zero-order valence-electron chi connectivity index (χ0n) is 9.17. The van der Waals surface area contributed by atoms with Crippen molar-refractivity contribution >= 4 is 12.4 Å². The zero-order chi connectivity index (χ0) is 12.1. The molecule has 2 atom stereocenters. The number of hydrogen-bond acceptors (Lipinski definition) is 4. The maximum absolute atomic E-state index is 11.1. The number of hydrogen-bond donors (Lipinski definition) is 1. The van der Waals surface area contributed by atoms with E-state index in [9.17, 15) is 9.59 Å². The summed E-state index contributed by atoms with van der Waals surface area (Å²) in [7, 11) is 0. The summed E-state index contributed by atoms with van der Waals surface area (Å²) in [6.45, 7) is 0.343. The van der Waals surface area contributed by atoms with E-state index in [-0.39, 0.29) is 12.4 Å². The molecular formula is C12H13NO4. The quantitative estimate of drug-likeness (QED) is 0.599. The van der Waals surface area contributed by atoms with Crippen LogP contribution >= 0.6 is 0 Å². The third-order valence-electron chi connectivity index (χ3n) is 2.50. The molecule has 1 saturated heterocycles. The lowest BCUT2D eigenvalue weighted by atomic mass is 10.2. The minimum absolute atomic E-state index is 0.151. The predicted octanol–water partition coefficient (Wildman–Crippen LogP) is 0.591. The van der Waals surface area contributed by atoms with Crippen LogP contribution in [-0.2, 0) is 25.7 Å². The second-order valence-corrected chi connectivity index (χ2v) is 3.75. The minimum atomic E-state index is -0.701. The molecule has 5 heteroatoms. The summed E-state index contributed by atoms with van der Waals surface area (Å²) in [5, 5.41) is 2.51. The van der Waals surface area contributed by atoms with Gasteiger partial charge in [-0.2, -0.15) is 0 Å². The lowest BCUT2D eigenvalue weighted by Crippen LogP contribution is -2.37. The van der Waals surface area contributed by atoms with Crippen LogP contribution in [0.4, 0.5) is 0 Å². The summed E-state index contributed by atoms with van der Waals surface area (Å²) in [5.74, 6) is -0.359. The van der Waals surface area contributed by atoms with Crippen molar-refractivity contribution in [3.05, 3.63) is 35.9 Å². The number of ether oxygens (including phenoxy) is 2. The molecule has 0 bridgehead atoms. The van der Waals surface area contributed by atoms with Gasteiger partial charge in [-0.15, -0.1) is 0 Å². The normalized spacial score (nSPS) is 23.2. The molecule has 0 aromatic heterocycles. The highest BCUT2D eigenvalue weighted by Crippen LogP contribution is 2.17. The van der Waals surface area contributed by atoms with Gasteiger partial charge < -0.3 is 14.8 Å². The maximum Gasteiger partial charge on any atom is 0.310 e. The number of nitrogens with one attached hydrogen (secondary N) is 1. The molecule has 90 valence electrons. The number of benzene rings is 1. The van der Waals surface area contributed by atoms with Crippen LogP contribution in [0.25, 0.3) is 0 Å². The van der Waals surface area contributed by atoms with E-state index >= 15 is 0 Å². The molecule has 1 amide bonds. The Morgan fingerprint density at radius 2 is 2.18 bits per heavy atom. The van der Waals surface area contributed by atoms with E-state index in [1.54, 1.807) is 0 Å². The van der Waals surface area contributed by atoms with Gasteiger partial charge in [0, 0.05) is 0 Å². The minimum Gasteiger partial charge on any atom is -0.433 e. The van der Waals surface area contributed by atoms with Crippen molar-refractivity contribution in [2.45, 2.75) is 25.4 Å². The van der Waals surface area contributed by atoms with Crippen LogP contribution in [0.1, 0.15) is 12.0 Å². The molecule has 5 nitrogen and oxygen atoms in total. The second kappa shape index (κ2) is 5.45. The van der Waals surface area contributed by atoms with Crippen LogP contribution in [0.5, 0.6) is 0 Å². The topological polar surface area (TPSA) is 64.6 Å². The van der Waals surface area contributed by atoms with Gasteiger partial charge in [0.25, 0.3) is 0 Å². The zero-order valence-corrected chi connectivity index (χ0v) is 9.17. The highest BCUT2D eigenvalue weighted by Gasteiger charge is 2.35. The molecule has 1 fully saturated rings. The van der Waals surface area contributed by atoms with Gasteiger partial charge in [0.05, 0.1) is 13.0 Å². The van der Waals surface area contributed by atoms with E-state index in [1.807, 2.05) is 30.3 Å². The Morgan fingerprint density at radius 3 is 2.88 bits per heavy atom. The van der Waals surface area contributed by atoms with Crippen molar-refractivity contribution in [1.82, 2.24) is 5.32 Å². The first kappa shape index (κ1) is 11.6. The van der Waals surface area contributed by atoms with Gasteiger partial charge >= 0.3 is 5.97 Å². The van der Waals surface area contributed by atoms with Crippen LogP contribution in [0.15, 0.2) is 30.3 Å². The molecule has 0 spiro atoms. The van der Waals surface area contributed by atoms with Gasteiger partial charge in [0.1, 0.15) is 6.04 Å². The Hall–Kier alpha value is -1.88. The van der Waals surface area contributed by atoms with Crippen molar-refractivity contribution in [3.63, 3.8) is 0 Å². The Bertz CT molecular complexity index is 393. The second-order valence-electron chi connectivity index (χ2n) is 3.75. The SMILES string of the molecule is O=CNC1CC(=O)OC1OCc1ccccc1. The predicted molar refractivity (Wildman–Crippen MR) is 58.7 cm³/mol. The van der Waals surface area contributed by atoms with Gasteiger partial charge in [-0.05, 0) is 5.56 Å².